The number of rotatable bonds is 9. The van der Waals surface area contributed by atoms with Gasteiger partial charge in [0.05, 0.1) is 38.4 Å². The Morgan fingerprint density at radius 2 is 1.40 bits per heavy atom. The van der Waals surface area contributed by atoms with E-state index in [1.807, 2.05) is 13.8 Å². The van der Waals surface area contributed by atoms with Gasteiger partial charge in [0.1, 0.15) is 0 Å². The molecule has 0 aromatic carbocycles. The van der Waals surface area contributed by atoms with Crippen molar-refractivity contribution in [1.29, 1.82) is 0 Å². The quantitative estimate of drug-likeness (QED) is 0.598. The Balaban J connectivity index is 0. The maximum Gasteiger partial charge on any atom is 0.309 e. The highest BCUT2D eigenvalue weighted by Crippen LogP contribution is 2.18. The molecule has 0 saturated carbocycles. The van der Waals surface area contributed by atoms with E-state index < -0.39 is 41.6 Å². The summed E-state index contributed by atoms with van der Waals surface area (Å²) in [6.07, 6.45) is 1.42. The zero-order valence-corrected chi connectivity index (χ0v) is 15.8. The van der Waals surface area contributed by atoms with Crippen molar-refractivity contribution in [3.05, 3.63) is 0 Å². The second-order valence-corrected chi connectivity index (χ2v) is 6.00. The van der Waals surface area contributed by atoms with E-state index in [0.29, 0.717) is 12.3 Å². The van der Waals surface area contributed by atoms with Crippen LogP contribution < -0.4 is 0 Å². The van der Waals surface area contributed by atoms with Crippen molar-refractivity contribution < 1.29 is 38.9 Å². The van der Waals surface area contributed by atoms with Gasteiger partial charge in [-0.1, -0.05) is 34.1 Å². The van der Waals surface area contributed by atoms with E-state index in [9.17, 15) is 19.2 Å². The zero-order valence-electron chi connectivity index (χ0n) is 15.8. The number of methoxy groups -OCH3 is 2. The van der Waals surface area contributed by atoms with Gasteiger partial charge in [0.25, 0.3) is 0 Å². The van der Waals surface area contributed by atoms with Crippen LogP contribution in [0.1, 0.15) is 47.0 Å². The number of carbonyl (C=O) groups excluding carboxylic acids is 2. The lowest BCUT2D eigenvalue weighted by Gasteiger charge is -2.14. The first-order valence-electron chi connectivity index (χ1n) is 8.11. The van der Waals surface area contributed by atoms with E-state index in [1.165, 1.54) is 28.1 Å². The second-order valence-electron chi connectivity index (χ2n) is 6.00. The minimum absolute atomic E-state index is 0.0316. The molecule has 2 N–H and O–H groups in total. The van der Waals surface area contributed by atoms with Gasteiger partial charge < -0.3 is 19.7 Å². The number of carbonyl (C=O) groups is 4. The summed E-state index contributed by atoms with van der Waals surface area (Å²) < 4.78 is 8.82. The number of carboxylic acids is 2. The molecule has 146 valence electrons. The summed E-state index contributed by atoms with van der Waals surface area (Å²) in [5, 5.41) is 17.3. The molecule has 0 aliphatic carbocycles. The van der Waals surface area contributed by atoms with Crippen molar-refractivity contribution in [3.8, 4) is 0 Å². The van der Waals surface area contributed by atoms with E-state index in [-0.39, 0.29) is 6.42 Å². The summed E-state index contributed by atoms with van der Waals surface area (Å²) in [5.74, 6) is -4.42. The highest BCUT2D eigenvalue weighted by Gasteiger charge is 2.26. The van der Waals surface area contributed by atoms with Crippen molar-refractivity contribution in [2.24, 2.45) is 23.7 Å². The fourth-order valence-electron chi connectivity index (χ4n) is 1.81. The van der Waals surface area contributed by atoms with E-state index in [4.69, 9.17) is 10.2 Å². The zero-order chi connectivity index (χ0) is 20.2. The van der Waals surface area contributed by atoms with Crippen molar-refractivity contribution in [2.45, 2.75) is 47.0 Å². The molecule has 0 amide bonds. The van der Waals surface area contributed by atoms with Gasteiger partial charge in [-0.2, -0.15) is 0 Å². The Bertz CT molecular complexity index is 446. The predicted octanol–water partition coefficient (Wildman–Crippen LogP) is 2.20. The summed E-state index contributed by atoms with van der Waals surface area (Å²) in [5.41, 5.74) is 0. The van der Waals surface area contributed by atoms with Crippen molar-refractivity contribution in [3.63, 3.8) is 0 Å². The predicted molar refractivity (Wildman–Crippen MR) is 89.8 cm³/mol. The Morgan fingerprint density at radius 1 is 0.880 bits per heavy atom. The number of aliphatic carboxylic acids is 2. The van der Waals surface area contributed by atoms with Crippen LogP contribution in [0.25, 0.3) is 0 Å². The molecule has 0 spiro atoms. The van der Waals surface area contributed by atoms with E-state index >= 15 is 0 Å². The van der Waals surface area contributed by atoms with E-state index in [0.717, 1.165) is 6.42 Å². The third-order valence-corrected chi connectivity index (χ3v) is 4.09. The molecule has 0 aromatic heterocycles. The normalized spacial score (nSPS) is 14.8. The van der Waals surface area contributed by atoms with Gasteiger partial charge in [0, 0.05) is 0 Å². The molecular formula is C17H30O8. The van der Waals surface area contributed by atoms with Crippen LogP contribution in [-0.2, 0) is 28.7 Å². The van der Waals surface area contributed by atoms with E-state index in [2.05, 4.69) is 9.47 Å². The van der Waals surface area contributed by atoms with Crippen LogP contribution in [0.2, 0.25) is 0 Å². The topological polar surface area (TPSA) is 127 Å². The SMILES string of the molecule is CCC(C)CC(CC(=O)OC)C(=O)O.COC(=O)C(C)C(C)C(=O)O. The van der Waals surface area contributed by atoms with Gasteiger partial charge in [-0.05, 0) is 12.3 Å². The Morgan fingerprint density at radius 3 is 1.72 bits per heavy atom. The third kappa shape index (κ3) is 11.1. The van der Waals surface area contributed by atoms with Crippen LogP contribution in [0.3, 0.4) is 0 Å². The molecule has 0 aliphatic rings. The smallest absolute Gasteiger partial charge is 0.309 e. The van der Waals surface area contributed by atoms with Crippen molar-refractivity contribution in [1.82, 2.24) is 0 Å². The standard InChI is InChI=1S/C10H18O4.C7H12O4/c1-4-7(2)5-8(10(12)13)6-9(11)14-3;1-4(6(8)9)5(2)7(10)11-3/h7-8H,4-6H2,1-3H3,(H,12,13);4-5H,1-3H3,(H,8,9). The largest absolute Gasteiger partial charge is 0.481 e. The Hall–Kier alpha value is -2.12. The molecular weight excluding hydrogens is 332 g/mol. The van der Waals surface area contributed by atoms with Gasteiger partial charge in [-0.25, -0.2) is 0 Å². The third-order valence-electron chi connectivity index (χ3n) is 4.09. The first-order valence-corrected chi connectivity index (χ1v) is 8.11. The maximum absolute atomic E-state index is 10.9. The fourth-order valence-corrected chi connectivity index (χ4v) is 1.81. The highest BCUT2D eigenvalue weighted by atomic mass is 16.5. The molecule has 8 nitrogen and oxygen atoms in total. The number of hydrogen-bond acceptors (Lipinski definition) is 6. The Labute approximate surface area is 148 Å². The molecule has 0 aromatic rings. The van der Waals surface area contributed by atoms with Crippen LogP contribution in [0.5, 0.6) is 0 Å². The molecule has 0 heterocycles. The maximum atomic E-state index is 10.9. The monoisotopic (exact) mass is 362 g/mol. The lowest BCUT2D eigenvalue weighted by atomic mass is 9.92. The molecule has 0 bridgehead atoms. The van der Waals surface area contributed by atoms with Crippen LogP contribution in [0, 0.1) is 23.7 Å². The Kier molecular flexibility index (Phi) is 13.3. The average molecular weight is 362 g/mol. The van der Waals surface area contributed by atoms with Crippen molar-refractivity contribution >= 4 is 23.9 Å². The second kappa shape index (κ2) is 13.2. The van der Waals surface area contributed by atoms with Gasteiger partial charge >= 0.3 is 23.9 Å². The van der Waals surface area contributed by atoms with Gasteiger partial charge in [-0.3, -0.25) is 19.2 Å². The molecule has 4 atom stereocenters. The first kappa shape index (κ1) is 25.1. The first-order chi connectivity index (χ1) is 11.5. The highest BCUT2D eigenvalue weighted by molar-refractivity contribution is 5.80. The fraction of sp³-hybridized carbons (Fsp3) is 0.765. The number of carboxylic acid groups (broad SMARTS) is 2. The number of esters is 2. The van der Waals surface area contributed by atoms with Gasteiger partial charge in [0.2, 0.25) is 0 Å². The molecule has 0 aliphatic heterocycles. The number of hydrogen-bond donors (Lipinski definition) is 2. The lowest BCUT2D eigenvalue weighted by molar-refractivity contribution is -0.154. The minimum Gasteiger partial charge on any atom is -0.481 e. The van der Waals surface area contributed by atoms with E-state index in [1.54, 1.807) is 0 Å². The van der Waals surface area contributed by atoms with Gasteiger partial charge in [-0.15, -0.1) is 0 Å². The molecule has 0 fully saturated rings. The number of ether oxygens (including phenoxy) is 2. The molecule has 8 heteroatoms. The summed E-state index contributed by atoms with van der Waals surface area (Å²) in [6, 6.07) is 0. The van der Waals surface area contributed by atoms with Crippen molar-refractivity contribution in [2.75, 3.05) is 14.2 Å². The summed E-state index contributed by atoms with van der Waals surface area (Å²) in [7, 11) is 2.51. The van der Waals surface area contributed by atoms with Crippen LogP contribution in [-0.4, -0.2) is 48.3 Å². The molecule has 0 rings (SSSR count). The molecule has 0 radical (unpaired) electrons. The summed E-state index contributed by atoms with van der Waals surface area (Å²) in [6.45, 7) is 6.99. The van der Waals surface area contributed by atoms with Crippen LogP contribution in [0.4, 0.5) is 0 Å². The molecule has 4 unspecified atom stereocenters. The van der Waals surface area contributed by atoms with Crippen LogP contribution >= 0.6 is 0 Å². The lowest BCUT2D eigenvalue weighted by Crippen LogP contribution is -2.26. The molecule has 25 heavy (non-hydrogen) atoms. The van der Waals surface area contributed by atoms with Crippen LogP contribution in [0.15, 0.2) is 0 Å². The summed E-state index contributed by atoms with van der Waals surface area (Å²) >= 11 is 0. The minimum atomic E-state index is -0.983. The van der Waals surface area contributed by atoms with Gasteiger partial charge in [0.15, 0.2) is 0 Å². The molecule has 0 saturated heterocycles. The average Bonchev–Trinajstić information content (AvgIpc) is 2.58. The summed E-state index contributed by atoms with van der Waals surface area (Å²) in [4.78, 5) is 42.8.